The van der Waals surface area contributed by atoms with Gasteiger partial charge in [0.25, 0.3) is 5.91 Å². The number of benzene rings is 2. The van der Waals surface area contributed by atoms with Crippen LogP contribution in [-0.2, 0) is 11.2 Å². The number of hydrogen-bond acceptors (Lipinski definition) is 5. The first kappa shape index (κ1) is 22.1. The summed E-state index contributed by atoms with van der Waals surface area (Å²) in [5, 5.41) is 4.24. The van der Waals surface area contributed by atoms with Gasteiger partial charge < -0.3 is 19.9 Å². The van der Waals surface area contributed by atoms with Crippen molar-refractivity contribution >= 4 is 27.9 Å². The third kappa shape index (κ3) is 5.46. The third-order valence-corrected chi connectivity index (χ3v) is 7.64. The molecule has 0 radical (unpaired) electrons. The minimum absolute atomic E-state index is 0.0542. The summed E-state index contributed by atoms with van der Waals surface area (Å²) < 4.78 is 5.54. The van der Waals surface area contributed by atoms with Crippen molar-refractivity contribution in [3.8, 4) is 11.1 Å². The van der Waals surface area contributed by atoms with Crippen molar-refractivity contribution in [3.05, 3.63) is 71.1 Å². The molecule has 0 unspecified atom stereocenters. The number of anilines is 2. The lowest BCUT2D eigenvalue weighted by molar-refractivity contribution is 0.103. The second kappa shape index (κ2) is 10.5. The van der Waals surface area contributed by atoms with Crippen molar-refractivity contribution in [1.29, 1.82) is 0 Å². The van der Waals surface area contributed by atoms with Gasteiger partial charge in [-0.2, -0.15) is 0 Å². The van der Waals surface area contributed by atoms with E-state index in [1.54, 1.807) is 11.3 Å². The van der Waals surface area contributed by atoms with Crippen molar-refractivity contribution in [1.82, 2.24) is 4.90 Å². The zero-order valence-corrected chi connectivity index (χ0v) is 19.8. The van der Waals surface area contributed by atoms with E-state index < -0.39 is 0 Å². The fraction of sp³-hybridized carbons (Fsp3) is 0.370. The summed E-state index contributed by atoms with van der Waals surface area (Å²) in [5.74, 6) is -0.0542. The van der Waals surface area contributed by atoms with Crippen LogP contribution in [0.4, 0.5) is 10.7 Å². The van der Waals surface area contributed by atoms with Crippen molar-refractivity contribution < 1.29 is 9.53 Å². The van der Waals surface area contributed by atoms with E-state index in [4.69, 9.17) is 4.74 Å². The number of nitrogens with zero attached hydrogens (tertiary/aromatic N) is 2. The lowest BCUT2D eigenvalue weighted by Gasteiger charge is -2.28. The minimum Gasteiger partial charge on any atom is -0.378 e. The van der Waals surface area contributed by atoms with Crippen LogP contribution in [0.1, 0.15) is 28.1 Å². The van der Waals surface area contributed by atoms with Gasteiger partial charge in [-0.3, -0.25) is 4.79 Å². The van der Waals surface area contributed by atoms with Gasteiger partial charge in [0.05, 0.1) is 23.1 Å². The van der Waals surface area contributed by atoms with E-state index in [1.807, 2.05) is 36.4 Å². The molecule has 0 aliphatic carbocycles. The Kier molecular flexibility index (Phi) is 7.05. The van der Waals surface area contributed by atoms with Gasteiger partial charge in [-0.25, -0.2) is 0 Å². The normalized spacial score (nSPS) is 16.8. The molecule has 2 saturated heterocycles. The van der Waals surface area contributed by atoms with E-state index in [0.29, 0.717) is 0 Å². The number of carbonyl (C=O) groups excluding carboxylic acids is 1. The molecule has 1 aromatic heterocycles. The highest BCUT2D eigenvalue weighted by molar-refractivity contribution is 7.18. The Morgan fingerprint density at radius 2 is 1.67 bits per heavy atom. The standard InChI is InChI=1S/C27H31N3O2S/c31-26(28-23-10-8-21(9-11-23)12-15-29-13-4-5-14-29)25-20-24(22-6-2-1-3-7-22)27(33-25)30-16-18-32-19-17-30/h1-3,6-11,20H,4-5,12-19H2,(H,28,31). The van der Waals surface area contributed by atoms with E-state index in [2.05, 4.69) is 39.4 Å². The molecule has 5 rings (SSSR count). The molecule has 0 atom stereocenters. The molecule has 0 saturated carbocycles. The summed E-state index contributed by atoms with van der Waals surface area (Å²) in [6, 6.07) is 20.7. The van der Waals surface area contributed by atoms with E-state index in [-0.39, 0.29) is 5.91 Å². The fourth-order valence-corrected chi connectivity index (χ4v) is 5.69. The number of nitrogens with one attached hydrogen (secondary N) is 1. The lowest BCUT2D eigenvalue weighted by Crippen LogP contribution is -2.35. The van der Waals surface area contributed by atoms with E-state index in [1.165, 1.54) is 31.5 Å². The van der Waals surface area contributed by atoms with Crippen LogP contribution in [0.15, 0.2) is 60.7 Å². The third-order valence-electron chi connectivity index (χ3n) is 6.45. The number of amides is 1. The number of morpholine rings is 1. The molecular formula is C27H31N3O2S. The van der Waals surface area contributed by atoms with Crippen LogP contribution in [-0.4, -0.2) is 56.7 Å². The molecule has 1 amide bonds. The first-order valence-corrected chi connectivity index (χ1v) is 12.7. The average Bonchev–Trinajstić information content (AvgIpc) is 3.55. The highest BCUT2D eigenvalue weighted by Gasteiger charge is 2.22. The van der Waals surface area contributed by atoms with E-state index in [0.717, 1.165) is 66.0 Å². The van der Waals surface area contributed by atoms with E-state index in [9.17, 15) is 4.79 Å². The van der Waals surface area contributed by atoms with Crippen LogP contribution < -0.4 is 10.2 Å². The maximum atomic E-state index is 13.1. The Bertz CT molecular complexity index is 1050. The molecule has 1 N–H and O–H groups in total. The summed E-state index contributed by atoms with van der Waals surface area (Å²) in [6.07, 6.45) is 3.71. The number of ether oxygens (including phenoxy) is 1. The molecule has 33 heavy (non-hydrogen) atoms. The second-order valence-electron chi connectivity index (χ2n) is 8.74. The summed E-state index contributed by atoms with van der Waals surface area (Å²) in [6.45, 7) is 6.71. The van der Waals surface area contributed by atoms with Crippen LogP contribution in [0.25, 0.3) is 11.1 Å². The predicted octanol–water partition coefficient (Wildman–Crippen LogP) is 5.14. The van der Waals surface area contributed by atoms with Gasteiger partial charge in [-0.15, -0.1) is 11.3 Å². The molecule has 2 fully saturated rings. The molecular weight excluding hydrogens is 430 g/mol. The second-order valence-corrected chi connectivity index (χ2v) is 9.78. The lowest BCUT2D eigenvalue weighted by atomic mass is 10.1. The van der Waals surface area contributed by atoms with Crippen LogP contribution in [0, 0.1) is 0 Å². The Morgan fingerprint density at radius 1 is 0.939 bits per heavy atom. The molecule has 6 heteroatoms. The Labute approximate surface area is 200 Å². The van der Waals surface area contributed by atoms with Gasteiger partial charge in [-0.05, 0) is 61.7 Å². The molecule has 2 aromatic carbocycles. The van der Waals surface area contributed by atoms with Gasteiger partial charge >= 0.3 is 0 Å². The smallest absolute Gasteiger partial charge is 0.265 e. The number of hydrogen-bond donors (Lipinski definition) is 1. The molecule has 3 aromatic rings. The zero-order valence-electron chi connectivity index (χ0n) is 19.0. The number of thiophene rings is 1. The largest absolute Gasteiger partial charge is 0.378 e. The number of carbonyl (C=O) groups is 1. The van der Waals surface area contributed by atoms with Crippen LogP contribution in [0.3, 0.4) is 0 Å². The molecule has 3 heterocycles. The van der Waals surface area contributed by atoms with Gasteiger partial charge in [0, 0.05) is 30.9 Å². The molecule has 5 nitrogen and oxygen atoms in total. The topological polar surface area (TPSA) is 44.8 Å². The average molecular weight is 462 g/mol. The number of rotatable bonds is 7. The fourth-order valence-electron chi connectivity index (χ4n) is 4.56. The summed E-state index contributed by atoms with van der Waals surface area (Å²) >= 11 is 1.57. The van der Waals surface area contributed by atoms with Crippen molar-refractivity contribution in [2.75, 3.05) is 56.2 Å². The maximum Gasteiger partial charge on any atom is 0.265 e. The minimum atomic E-state index is -0.0542. The Morgan fingerprint density at radius 3 is 2.39 bits per heavy atom. The number of likely N-dealkylation sites (tertiary alicyclic amines) is 1. The Balaban J connectivity index is 1.29. The summed E-state index contributed by atoms with van der Waals surface area (Å²) in [5.41, 5.74) is 4.41. The van der Waals surface area contributed by atoms with Gasteiger partial charge in [-0.1, -0.05) is 42.5 Å². The van der Waals surface area contributed by atoms with Crippen molar-refractivity contribution in [2.45, 2.75) is 19.3 Å². The zero-order chi connectivity index (χ0) is 22.5. The molecule has 2 aliphatic heterocycles. The quantitative estimate of drug-likeness (QED) is 0.529. The summed E-state index contributed by atoms with van der Waals surface area (Å²) in [4.78, 5) is 18.7. The highest BCUT2D eigenvalue weighted by atomic mass is 32.1. The molecule has 172 valence electrons. The van der Waals surface area contributed by atoms with Gasteiger partial charge in [0.15, 0.2) is 0 Å². The Hall–Kier alpha value is -2.67. The van der Waals surface area contributed by atoms with Gasteiger partial charge in [0.1, 0.15) is 0 Å². The first-order chi connectivity index (χ1) is 16.3. The predicted molar refractivity (Wildman–Crippen MR) is 137 cm³/mol. The molecule has 2 aliphatic rings. The van der Waals surface area contributed by atoms with Crippen molar-refractivity contribution in [2.24, 2.45) is 0 Å². The summed E-state index contributed by atoms with van der Waals surface area (Å²) in [7, 11) is 0. The van der Waals surface area contributed by atoms with Gasteiger partial charge in [0.2, 0.25) is 0 Å². The van der Waals surface area contributed by atoms with Crippen LogP contribution in [0.5, 0.6) is 0 Å². The van der Waals surface area contributed by atoms with Crippen LogP contribution >= 0.6 is 11.3 Å². The SMILES string of the molecule is O=C(Nc1ccc(CCN2CCCC2)cc1)c1cc(-c2ccccc2)c(N2CCOCC2)s1. The van der Waals surface area contributed by atoms with Crippen LogP contribution in [0.2, 0.25) is 0 Å². The molecule has 0 bridgehead atoms. The first-order valence-electron chi connectivity index (χ1n) is 11.9. The highest BCUT2D eigenvalue weighted by Crippen LogP contribution is 2.39. The molecule has 0 spiro atoms. The van der Waals surface area contributed by atoms with Crippen molar-refractivity contribution in [3.63, 3.8) is 0 Å². The van der Waals surface area contributed by atoms with E-state index >= 15 is 0 Å². The monoisotopic (exact) mass is 461 g/mol. The maximum absolute atomic E-state index is 13.1.